The minimum atomic E-state index is -0.0403. The summed E-state index contributed by atoms with van der Waals surface area (Å²) in [6.45, 7) is 0.825. The molecule has 1 aliphatic heterocycles. The zero-order valence-corrected chi connectivity index (χ0v) is 10.3. The number of thioether (sulfide) groups is 1. The minimum Gasteiger partial charge on any atom is -0.396 e. The Hall–Kier alpha value is -0.260. The highest BCUT2D eigenvalue weighted by Crippen LogP contribution is 2.36. The molecule has 0 bridgehead atoms. The van der Waals surface area contributed by atoms with E-state index in [0.29, 0.717) is 6.54 Å². The van der Waals surface area contributed by atoms with Crippen LogP contribution in [0.15, 0.2) is 0 Å². The average Bonchev–Trinajstić information content (AvgIpc) is 2.98. The van der Waals surface area contributed by atoms with Gasteiger partial charge in [0.1, 0.15) is 0 Å². The van der Waals surface area contributed by atoms with E-state index in [1.807, 2.05) is 0 Å². The van der Waals surface area contributed by atoms with Crippen molar-refractivity contribution in [3.63, 3.8) is 0 Å². The van der Waals surface area contributed by atoms with Gasteiger partial charge in [0, 0.05) is 23.6 Å². The Balaban J connectivity index is 1.79. The fourth-order valence-corrected chi connectivity index (χ4v) is 3.42. The van der Waals surface area contributed by atoms with Crippen LogP contribution in [0.4, 0.5) is 0 Å². The van der Waals surface area contributed by atoms with Gasteiger partial charge in [-0.2, -0.15) is 0 Å². The van der Waals surface area contributed by atoms with Gasteiger partial charge in [-0.1, -0.05) is 12.8 Å². The second kappa shape index (κ2) is 5.38. The Morgan fingerprint density at radius 2 is 2.25 bits per heavy atom. The van der Waals surface area contributed by atoms with Gasteiger partial charge in [-0.3, -0.25) is 10.1 Å². The van der Waals surface area contributed by atoms with Gasteiger partial charge in [0.25, 0.3) is 0 Å². The van der Waals surface area contributed by atoms with Crippen molar-refractivity contribution < 1.29 is 9.90 Å². The molecular weight excluding hydrogens is 224 g/mol. The average molecular weight is 244 g/mol. The van der Waals surface area contributed by atoms with E-state index < -0.39 is 0 Å². The second-order valence-corrected chi connectivity index (χ2v) is 5.89. The smallest absolute Gasteiger partial charge is 0.238 e. The molecule has 92 valence electrons. The maximum atomic E-state index is 11.8. The minimum absolute atomic E-state index is 0.0397. The topological polar surface area (TPSA) is 61.4 Å². The van der Waals surface area contributed by atoms with Crippen molar-refractivity contribution in [2.45, 2.75) is 31.7 Å². The van der Waals surface area contributed by atoms with Gasteiger partial charge >= 0.3 is 0 Å². The fourth-order valence-electron chi connectivity index (χ4n) is 2.48. The van der Waals surface area contributed by atoms with Crippen molar-refractivity contribution in [1.29, 1.82) is 0 Å². The molecule has 2 aliphatic rings. The summed E-state index contributed by atoms with van der Waals surface area (Å²) in [4.78, 5) is 11.8. The number of amides is 1. The Kier molecular flexibility index (Phi) is 4.10. The standard InChI is InChI=1S/C11H20N2O2S/c14-7-11(3-1-2-4-11)6-12-10(15)9-5-16-8-13-9/h9,13-14H,1-8H2,(H,12,15). The molecule has 16 heavy (non-hydrogen) atoms. The van der Waals surface area contributed by atoms with Crippen LogP contribution in [0.3, 0.4) is 0 Å². The molecule has 0 spiro atoms. The largest absolute Gasteiger partial charge is 0.396 e. The first-order chi connectivity index (χ1) is 7.76. The van der Waals surface area contributed by atoms with Gasteiger partial charge in [0.15, 0.2) is 0 Å². The molecule has 0 aromatic rings. The quantitative estimate of drug-likeness (QED) is 0.666. The second-order valence-electron chi connectivity index (χ2n) is 4.85. The van der Waals surface area contributed by atoms with E-state index in [9.17, 15) is 9.90 Å². The first-order valence-electron chi connectivity index (χ1n) is 5.95. The molecule has 1 atom stereocenters. The summed E-state index contributed by atoms with van der Waals surface area (Å²) in [7, 11) is 0. The zero-order chi connectivity index (χ0) is 11.4. The molecule has 4 nitrogen and oxygen atoms in total. The Morgan fingerprint density at radius 1 is 1.50 bits per heavy atom. The van der Waals surface area contributed by atoms with Crippen molar-refractivity contribution >= 4 is 17.7 Å². The maximum absolute atomic E-state index is 11.8. The van der Waals surface area contributed by atoms with Crippen LogP contribution in [-0.2, 0) is 4.79 Å². The molecule has 1 saturated carbocycles. The van der Waals surface area contributed by atoms with Crippen LogP contribution in [-0.4, -0.2) is 41.8 Å². The number of rotatable bonds is 4. The van der Waals surface area contributed by atoms with E-state index in [1.54, 1.807) is 11.8 Å². The summed E-state index contributed by atoms with van der Waals surface area (Å²) in [6, 6.07) is -0.0397. The lowest BCUT2D eigenvalue weighted by Crippen LogP contribution is -2.46. The highest BCUT2D eigenvalue weighted by molar-refractivity contribution is 7.99. The lowest BCUT2D eigenvalue weighted by Gasteiger charge is -2.27. The summed E-state index contributed by atoms with van der Waals surface area (Å²) in [5.74, 6) is 1.81. The SMILES string of the molecule is O=C(NCC1(CO)CCCC1)C1CSCN1. The molecule has 0 aromatic carbocycles. The number of aliphatic hydroxyl groups excluding tert-OH is 1. The van der Waals surface area contributed by atoms with Crippen molar-refractivity contribution in [3.8, 4) is 0 Å². The fraction of sp³-hybridized carbons (Fsp3) is 0.909. The molecule has 1 heterocycles. The van der Waals surface area contributed by atoms with E-state index >= 15 is 0 Å². The van der Waals surface area contributed by atoms with Gasteiger partial charge in [0.05, 0.1) is 12.6 Å². The van der Waals surface area contributed by atoms with Crippen LogP contribution in [0.25, 0.3) is 0 Å². The molecule has 1 unspecified atom stereocenters. The van der Waals surface area contributed by atoms with Gasteiger partial charge in [-0.05, 0) is 12.8 Å². The molecule has 0 aromatic heterocycles. The molecule has 1 saturated heterocycles. The van der Waals surface area contributed by atoms with Crippen LogP contribution >= 0.6 is 11.8 Å². The molecule has 2 fully saturated rings. The van der Waals surface area contributed by atoms with E-state index in [-0.39, 0.29) is 24.0 Å². The molecule has 0 radical (unpaired) electrons. The maximum Gasteiger partial charge on any atom is 0.238 e. The highest BCUT2D eigenvalue weighted by Gasteiger charge is 2.34. The molecule has 1 amide bonds. The third-order valence-electron chi connectivity index (χ3n) is 3.67. The monoisotopic (exact) mass is 244 g/mol. The summed E-state index contributed by atoms with van der Waals surface area (Å²) < 4.78 is 0. The van der Waals surface area contributed by atoms with Crippen LogP contribution in [0.2, 0.25) is 0 Å². The van der Waals surface area contributed by atoms with Crippen molar-refractivity contribution in [1.82, 2.24) is 10.6 Å². The Labute approximate surface area is 101 Å². The highest BCUT2D eigenvalue weighted by atomic mass is 32.2. The molecule has 1 aliphatic carbocycles. The van der Waals surface area contributed by atoms with Gasteiger partial charge in [-0.15, -0.1) is 11.8 Å². The first kappa shape index (κ1) is 12.2. The van der Waals surface area contributed by atoms with Crippen molar-refractivity contribution in [3.05, 3.63) is 0 Å². The van der Waals surface area contributed by atoms with Crippen LogP contribution in [0.5, 0.6) is 0 Å². The number of carbonyl (C=O) groups is 1. The number of hydrogen-bond donors (Lipinski definition) is 3. The van der Waals surface area contributed by atoms with E-state index in [4.69, 9.17) is 0 Å². The molecule has 2 rings (SSSR count). The summed E-state index contributed by atoms with van der Waals surface area (Å²) in [5, 5.41) is 15.6. The third-order valence-corrected chi connectivity index (χ3v) is 4.61. The summed E-state index contributed by atoms with van der Waals surface area (Å²) >= 11 is 1.75. The number of nitrogens with one attached hydrogen (secondary N) is 2. The molecular formula is C11H20N2O2S. The zero-order valence-electron chi connectivity index (χ0n) is 9.50. The number of hydrogen-bond acceptors (Lipinski definition) is 4. The van der Waals surface area contributed by atoms with E-state index in [1.165, 1.54) is 12.8 Å². The van der Waals surface area contributed by atoms with Crippen molar-refractivity contribution in [2.24, 2.45) is 5.41 Å². The lowest BCUT2D eigenvalue weighted by atomic mass is 9.87. The van der Waals surface area contributed by atoms with E-state index in [0.717, 1.165) is 24.5 Å². The third kappa shape index (κ3) is 2.70. The lowest BCUT2D eigenvalue weighted by molar-refractivity contribution is -0.123. The van der Waals surface area contributed by atoms with Crippen LogP contribution in [0, 0.1) is 5.41 Å². The van der Waals surface area contributed by atoms with Gasteiger partial charge in [-0.25, -0.2) is 0 Å². The molecule has 5 heteroatoms. The predicted octanol–water partition coefficient (Wildman–Crippen LogP) is 0.318. The Bertz CT molecular complexity index is 248. The summed E-state index contributed by atoms with van der Waals surface area (Å²) in [5.41, 5.74) is -0.0403. The number of aliphatic hydroxyl groups is 1. The first-order valence-corrected chi connectivity index (χ1v) is 7.11. The predicted molar refractivity (Wildman–Crippen MR) is 65.2 cm³/mol. The number of carbonyl (C=O) groups excluding carboxylic acids is 1. The van der Waals surface area contributed by atoms with Gasteiger partial charge in [0.2, 0.25) is 5.91 Å². The summed E-state index contributed by atoms with van der Waals surface area (Å²) in [6.07, 6.45) is 4.43. The van der Waals surface area contributed by atoms with Crippen molar-refractivity contribution in [2.75, 3.05) is 24.8 Å². The Morgan fingerprint density at radius 3 is 2.81 bits per heavy atom. The van der Waals surface area contributed by atoms with Crippen LogP contribution < -0.4 is 10.6 Å². The van der Waals surface area contributed by atoms with Crippen LogP contribution in [0.1, 0.15) is 25.7 Å². The van der Waals surface area contributed by atoms with E-state index in [2.05, 4.69) is 10.6 Å². The normalized spacial score (nSPS) is 28.2. The molecule has 3 N–H and O–H groups in total. The van der Waals surface area contributed by atoms with Gasteiger partial charge < -0.3 is 10.4 Å².